The van der Waals surface area contributed by atoms with Crippen molar-refractivity contribution >= 4 is 55.7 Å². The number of aryl methyl sites for hydroxylation is 1. The van der Waals surface area contributed by atoms with Crippen LogP contribution < -0.4 is 4.90 Å². The second-order valence-corrected chi connectivity index (χ2v) is 7.99. The molecule has 3 heterocycles. The second-order valence-electron chi connectivity index (χ2n) is 5.82. The SMILES string of the molecule is Cc1nnsc1C(=O)N(C[C@H]1CCCO1)c1nc2c(Cl)cccc2s1. The highest BCUT2D eigenvalue weighted by Crippen LogP contribution is 2.34. The Labute approximate surface area is 157 Å². The van der Waals surface area contributed by atoms with Crippen LogP contribution in [0, 0.1) is 6.92 Å². The van der Waals surface area contributed by atoms with E-state index in [1.54, 1.807) is 17.9 Å². The zero-order valence-corrected chi connectivity index (χ0v) is 15.8. The smallest absolute Gasteiger partial charge is 0.273 e. The van der Waals surface area contributed by atoms with Crippen molar-refractivity contribution < 1.29 is 9.53 Å². The predicted molar refractivity (Wildman–Crippen MR) is 99.9 cm³/mol. The number of carbonyl (C=O) groups excluding carboxylic acids is 1. The normalized spacial score (nSPS) is 17.3. The molecule has 2 aromatic heterocycles. The number of hydrogen-bond acceptors (Lipinski definition) is 7. The van der Waals surface area contributed by atoms with Gasteiger partial charge in [-0.15, -0.1) is 5.10 Å². The van der Waals surface area contributed by atoms with Gasteiger partial charge in [-0.2, -0.15) is 0 Å². The van der Waals surface area contributed by atoms with E-state index in [0.29, 0.717) is 32.8 Å². The molecule has 4 rings (SSSR count). The van der Waals surface area contributed by atoms with Crippen molar-refractivity contribution in [3.05, 3.63) is 33.8 Å². The Kier molecular flexibility index (Phi) is 4.68. The average Bonchev–Trinajstić information content (AvgIpc) is 3.32. The molecule has 6 nitrogen and oxygen atoms in total. The topological polar surface area (TPSA) is 68.2 Å². The molecule has 1 saturated heterocycles. The van der Waals surface area contributed by atoms with Gasteiger partial charge < -0.3 is 4.74 Å². The van der Waals surface area contributed by atoms with Gasteiger partial charge in [0.1, 0.15) is 10.4 Å². The lowest BCUT2D eigenvalue weighted by Crippen LogP contribution is -2.37. The Bertz CT molecular complexity index is 920. The van der Waals surface area contributed by atoms with Crippen molar-refractivity contribution in [3.8, 4) is 0 Å². The molecule has 0 aliphatic carbocycles. The lowest BCUT2D eigenvalue weighted by molar-refractivity contribution is 0.0920. The maximum atomic E-state index is 13.1. The molecule has 1 atom stereocenters. The molecule has 1 fully saturated rings. The Hall–Kier alpha value is -1.61. The van der Waals surface area contributed by atoms with Crippen molar-refractivity contribution in [3.63, 3.8) is 0 Å². The molecule has 130 valence electrons. The summed E-state index contributed by atoms with van der Waals surface area (Å²) in [5, 5.41) is 5.16. The van der Waals surface area contributed by atoms with E-state index >= 15 is 0 Å². The second kappa shape index (κ2) is 6.95. The molecule has 0 N–H and O–H groups in total. The quantitative estimate of drug-likeness (QED) is 0.670. The van der Waals surface area contributed by atoms with E-state index in [0.717, 1.165) is 35.7 Å². The molecule has 1 aliphatic rings. The molecule has 25 heavy (non-hydrogen) atoms. The molecule has 0 spiro atoms. The summed E-state index contributed by atoms with van der Waals surface area (Å²) in [7, 11) is 0. The molecule has 3 aromatic rings. The molecular weight excluding hydrogens is 380 g/mol. The number of hydrogen-bond donors (Lipinski definition) is 0. The summed E-state index contributed by atoms with van der Waals surface area (Å²) < 4.78 is 10.6. The van der Waals surface area contributed by atoms with Gasteiger partial charge in [0, 0.05) is 6.61 Å². The summed E-state index contributed by atoms with van der Waals surface area (Å²) in [6.07, 6.45) is 1.97. The van der Waals surface area contributed by atoms with Crippen LogP contribution in [0.15, 0.2) is 18.2 Å². The lowest BCUT2D eigenvalue weighted by Gasteiger charge is -2.22. The summed E-state index contributed by atoms with van der Waals surface area (Å²) in [4.78, 5) is 19.9. The van der Waals surface area contributed by atoms with E-state index in [-0.39, 0.29) is 12.0 Å². The number of nitrogens with zero attached hydrogens (tertiary/aromatic N) is 4. The van der Waals surface area contributed by atoms with Gasteiger partial charge in [0.15, 0.2) is 5.13 Å². The van der Waals surface area contributed by atoms with Crippen LogP contribution in [-0.2, 0) is 4.74 Å². The van der Waals surface area contributed by atoms with Gasteiger partial charge in [0.2, 0.25) is 0 Å². The fourth-order valence-corrected chi connectivity index (χ4v) is 4.69. The van der Waals surface area contributed by atoms with Crippen LogP contribution in [0.1, 0.15) is 28.2 Å². The minimum absolute atomic E-state index is 0.0209. The van der Waals surface area contributed by atoms with Crippen LogP contribution in [0.2, 0.25) is 5.02 Å². The molecule has 0 unspecified atom stereocenters. The van der Waals surface area contributed by atoms with Gasteiger partial charge in [-0.05, 0) is 43.4 Å². The van der Waals surface area contributed by atoms with Crippen LogP contribution in [-0.4, -0.2) is 39.7 Å². The average molecular weight is 395 g/mol. The third kappa shape index (κ3) is 3.27. The monoisotopic (exact) mass is 394 g/mol. The summed E-state index contributed by atoms with van der Waals surface area (Å²) >= 11 is 8.81. The van der Waals surface area contributed by atoms with E-state index in [4.69, 9.17) is 16.3 Å². The van der Waals surface area contributed by atoms with Crippen molar-refractivity contribution in [2.75, 3.05) is 18.1 Å². The first-order valence-electron chi connectivity index (χ1n) is 7.91. The predicted octanol–water partition coefficient (Wildman–Crippen LogP) is 3.94. The zero-order chi connectivity index (χ0) is 17.4. The maximum absolute atomic E-state index is 13.1. The van der Waals surface area contributed by atoms with Crippen molar-refractivity contribution in [2.45, 2.75) is 25.9 Å². The zero-order valence-electron chi connectivity index (χ0n) is 13.4. The number of carbonyl (C=O) groups is 1. The van der Waals surface area contributed by atoms with Crippen LogP contribution in [0.3, 0.4) is 0 Å². The molecular formula is C16H15ClN4O2S2. The highest BCUT2D eigenvalue weighted by atomic mass is 35.5. The van der Waals surface area contributed by atoms with E-state index in [2.05, 4.69) is 14.6 Å². The first-order valence-corrected chi connectivity index (χ1v) is 9.88. The summed E-state index contributed by atoms with van der Waals surface area (Å²) in [5.74, 6) is -0.141. The van der Waals surface area contributed by atoms with Gasteiger partial charge in [0.25, 0.3) is 5.91 Å². The third-order valence-electron chi connectivity index (χ3n) is 4.09. The number of ether oxygens (including phenoxy) is 1. The molecule has 1 aliphatic heterocycles. The van der Waals surface area contributed by atoms with E-state index < -0.39 is 0 Å². The number of amides is 1. The van der Waals surface area contributed by atoms with Gasteiger partial charge >= 0.3 is 0 Å². The fraction of sp³-hybridized carbons (Fsp3) is 0.375. The minimum Gasteiger partial charge on any atom is -0.376 e. The number of rotatable bonds is 4. The van der Waals surface area contributed by atoms with E-state index in [1.165, 1.54) is 11.3 Å². The summed E-state index contributed by atoms with van der Waals surface area (Å²) in [5.41, 5.74) is 1.35. The largest absolute Gasteiger partial charge is 0.376 e. The van der Waals surface area contributed by atoms with Crippen LogP contribution >= 0.6 is 34.5 Å². The highest BCUT2D eigenvalue weighted by molar-refractivity contribution is 7.22. The van der Waals surface area contributed by atoms with Crippen LogP contribution in [0.25, 0.3) is 10.2 Å². The first kappa shape index (κ1) is 16.8. The number of anilines is 1. The number of para-hydroxylation sites is 1. The molecule has 0 bridgehead atoms. The Morgan fingerprint density at radius 3 is 3.04 bits per heavy atom. The fourth-order valence-electron chi connectivity index (χ4n) is 2.81. The van der Waals surface area contributed by atoms with Crippen LogP contribution in [0.5, 0.6) is 0 Å². The number of aromatic nitrogens is 3. The number of halogens is 1. The van der Waals surface area contributed by atoms with Crippen molar-refractivity contribution in [1.82, 2.24) is 14.6 Å². The van der Waals surface area contributed by atoms with Crippen LogP contribution in [0.4, 0.5) is 5.13 Å². The molecule has 0 radical (unpaired) electrons. The molecule has 1 amide bonds. The van der Waals surface area contributed by atoms with E-state index in [1.807, 2.05) is 12.1 Å². The number of benzene rings is 1. The molecule has 9 heteroatoms. The Morgan fingerprint density at radius 2 is 2.36 bits per heavy atom. The summed E-state index contributed by atoms with van der Waals surface area (Å²) in [6, 6.07) is 5.64. The molecule has 0 saturated carbocycles. The summed E-state index contributed by atoms with van der Waals surface area (Å²) in [6.45, 7) is 2.99. The Morgan fingerprint density at radius 1 is 1.48 bits per heavy atom. The first-order chi connectivity index (χ1) is 12.1. The number of fused-ring (bicyclic) bond motifs is 1. The molecule has 1 aromatic carbocycles. The Balaban J connectivity index is 1.74. The van der Waals surface area contributed by atoms with Gasteiger partial charge in [0.05, 0.1) is 28.1 Å². The van der Waals surface area contributed by atoms with Crippen molar-refractivity contribution in [2.24, 2.45) is 0 Å². The van der Waals surface area contributed by atoms with E-state index in [9.17, 15) is 4.79 Å². The lowest BCUT2D eigenvalue weighted by atomic mass is 10.2. The minimum atomic E-state index is -0.141. The van der Waals surface area contributed by atoms with Crippen molar-refractivity contribution in [1.29, 1.82) is 0 Å². The van der Waals surface area contributed by atoms with Gasteiger partial charge in [-0.3, -0.25) is 9.69 Å². The third-order valence-corrected chi connectivity index (χ3v) is 6.25. The highest BCUT2D eigenvalue weighted by Gasteiger charge is 2.29. The maximum Gasteiger partial charge on any atom is 0.273 e. The number of thiazole rings is 1. The standard InChI is InChI=1S/C16H15ClN4O2S2/c1-9-14(25-20-19-9)15(22)21(8-10-4-3-7-23-10)16-18-13-11(17)5-2-6-12(13)24-16/h2,5-6,10H,3-4,7-8H2,1H3/t10-/m1/s1. The van der Waals surface area contributed by atoms with Gasteiger partial charge in [-0.25, -0.2) is 4.98 Å². The van der Waals surface area contributed by atoms with Gasteiger partial charge in [-0.1, -0.05) is 33.5 Å².